The maximum atomic E-state index is 5.72. The Morgan fingerprint density at radius 3 is 2.55 bits per heavy atom. The zero-order valence-electron chi connectivity index (χ0n) is 6.76. The van der Waals surface area contributed by atoms with Gasteiger partial charge in [-0.3, -0.25) is 0 Å². The number of nitrogens with two attached hydrogens (primary N) is 1. The van der Waals surface area contributed by atoms with Crippen LogP contribution < -0.4 is 5.73 Å². The third kappa shape index (κ3) is 2.04. The van der Waals surface area contributed by atoms with Crippen molar-refractivity contribution in [2.24, 2.45) is 5.73 Å². The van der Waals surface area contributed by atoms with Gasteiger partial charge in [0.05, 0.1) is 0 Å². The van der Waals surface area contributed by atoms with Crippen LogP contribution in [0.4, 0.5) is 0 Å². The lowest BCUT2D eigenvalue weighted by molar-refractivity contribution is 0.816. The fourth-order valence-corrected chi connectivity index (χ4v) is 1.20. The standard InChI is InChI=1S/C9H12BrN/c1-6-5-8(7(2)11)3-4-9(6)10/h3-5,7H,11H2,1-2H3/t7-/m1/s1. The second-order valence-corrected chi connectivity index (χ2v) is 3.65. The fraction of sp³-hybridized carbons (Fsp3) is 0.333. The summed E-state index contributed by atoms with van der Waals surface area (Å²) in [4.78, 5) is 0. The van der Waals surface area contributed by atoms with Crippen LogP contribution in [0.25, 0.3) is 0 Å². The predicted molar refractivity (Wildman–Crippen MR) is 51.5 cm³/mol. The highest BCUT2D eigenvalue weighted by atomic mass is 79.9. The van der Waals surface area contributed by atoms with E-state index in [0.717, 1.165) is 4.47 Å². The normalized spacial score (nSPS) is 13.1. The molecule has 0 aromatic heterocycles. The van der Waals surface area contributed by atoms with E-state index in [1.54, 1.807) is 0 Å². The van der Waals surface area contributed by atoms with E-state index in [4.69, 9.17) is 5.73 Å². The van der Waals surface area contributed by atoms with E-state index < -0.39 is 0 Å². The van der Waals surface area contributed by atoms with Gasteiger partial charge >= 0.3 is 0 Å². The van der Waals surface area contributed by atoms with Crippen LogP contribution in [0, 0.1) is 6.92 Å². The van der Waals surface area contributed by atoms with Crippen LogP contribution in [0.1, 0.15) is 24.1 Å². The molecule has 60 valence electrons. The zero-order valence-corrected chi connectivity index (χ0v) is 8.35. The Hall–Kier alpha value is -0.340. The van der Waals surface area contributed by atoms with Crippen molar-refractivity contribution in [3.63, 3.8) is 0 Å². The van der Waals surface area contributed by atoms with Crippen molar-refractivity contribution >= 4 is 15.9 Å². The van der Waals surface area contributed by atoms with Crippen molar-refractivity contribution in [2.45, 2.75) is 19.9 Å². The number of halogens is 1. The molecule has 1 rings (SSSR count). The number of hydrogen-bond donors (Lipinski definition) is 1. The number of benzene rings is 1. The summed E-state index contributed by atoms with van der Waals surface area (Å²) in [5.74, 6) is 0. The second kappa shape index (κ2) is 3.37. The predicted octanol–water partition coefficient (Wildman–Crippen LogP) is 2.78. The molecule has 0 saturated carbocycles. The molecule has 1 aromatic carbocycles. The van der Waals surface area contributed by atoms with Gasteiger partial charge in [0.15, 0.2) is 0 Å². The molecule has 0 fully saturated rings. The van der Waals surface area contributed by atoms with Gasteiger partial charge in [0.2, 0.25) is 0 Å². The van der Waals surface area contributed by atoms with Crippen molar-refractivity contribution < 1.29 is 0 Å². The molecular weight excluding hydrogens is 202 g/mol. The molecule has 0 unspecified atom stereocenters. The maximum absolute atomic E-state index is 5.72. The molecular formula is C9H12BrN. The van der Waals surface area contributed by atoms with Crippen LogP contribution >= 0.6 is 15.9 Å². The molecule has 0 aliphatic carbocycles. The van der Waals surface area contributed by atoms with Gasteiger partial charge in [-0.25, -0.2) is 0 Å². The average molecular weight is 214 g/mol. The highest BCUT2D eigenvalue weighted by molar-refractivity contribution is 9.10. The summed E-state index contributed by atoms with van der Waals surface area (Å²) < 4.78 is 1.14. The fourth-order valence-electron chi connectivity index (χ4n) is 0.951. The first-order chi connectivity index (χ1) is 5.11. The summed E-state index contributed by atoms with van der Waals surface area (Å²) in [7, 11) is 0. The molecule has 1 aromatic rings. The molecule has 0 spiro atoms. The third-order valence-electron chi connectivity index (χ3n) is 1.71. The van der Waals surface area contributed by atoms with Crippen LogP contribution in [-0.2, 0) is 0 Å². The molecule has 0 saturated heterocycles. The van der Waals surface area contributed by atoms with Gasteiger partial charge in [0, 0.05) is 10.5 Å². The molecule has 0 radical (unpaired) electrons. The molecule has 1 atom stereocenters. The average Bonchev–Trinajstić information content (AvgIpc) is 1.94. The summed E-state index contributed by atoms with van der Waals surface area (Å²) in [5.41, 5.74) is 8.14. The summed E-state index contributed by atoms with van der Waals surface area (Å²) >= 11 is 3.44. The molecule has 0 aliphatic heterocycles. The van der Waals surface area contributed by atoms with Crippen LogP contribution in [-0.4, -0.2) is 0 Å². The Bertz CT molecular complexity index is 256. The van der Waals surface area contributed by atoms with E-state index in [1.165, 1.54) is 11.1 Å². The van der Waals surface area contributed by atoms with Crippen molar-refractivity contribution in [3.8, 4) is 0 Å². The molecule has 2 heteroatoms. The summed E-state index contributed by atoms with van der Waals surface area (Å²) in [6.07, 6.45) is 0. The number of rotatable bonds is 1. The number of aryl methyl sites for hydroxylation is 1. The zero-order chi connectivity index (χ0) is 8.43. The lowest BCUT2D eigenvalue weighted by Gasteiger charge is -2.06. The minimum atomic E-state index is 0.127. The maximum Gasteiger partial charge on any atom is 0.0266 e. The Balaban J connectivity index is 3.05. The van der Waals surface area contributed by atoms with Gasteiger partial charge in [-0.15, -0.1) is 0 Å². The molecule has 0 heterocycles. The minimum Gasteiger partial charge on any atom is -0.324 e. The molecule has 1 nitrogen and oxygen atoms in total. The summed E-state index contributed by atoms with van der Waals surface area (Å²) in [6, 6.07) is 6.31. The third-order valence-corrected chi connectivity index (χ3v) is 2.60. The molecule has 0 amide bonds. The second-order valence-electron chi connectivity index (χ2n) is 2.80. The van der Waals surface area contributed by atoms with Crippen LogP contribution in [0.3, 0.4) is 0 Å². The van der Waals surface area contributed by atoms with Gasteiger partial charge < -0.3 is 5.73 Å². The molecule has 2 N–H and O–H groups in total. The van der Waals surface area contributed by atoms with Crippen molar-refractivity contribution in [1.29, 1.82) is 0 Å². The Labute approximate surface area is 75.7 Å². The van der Waals surface area contributed by atoms with Crippen LogP contribution in [0.5, 0.6) is 0 Å². The highest BCUT2D eigenvalue weighted by Gasteiger charge is 2.00. The summed E-state index contributed by atoms with van der Waals surface area (Å²) in [5, 5.41) is 0. The van der Waals surface area contributed by atoms with Gasteiger partial charge in [0.1, 0.15) is 0 Å². The topological polar surface area (TPSA) is 26.0 Å². The minimum absolute atomic E-state index is 0.127. The van der Waals surface area contributed by atoms with Crippen LogP contribution in [0.15, 0.2) is 22.7 Å². The van der Waals surface area contributed by atoms with E-state index in [9.17, 15) is 0 Å². The van der Waals surface area contributed by atoms with Crippen molar-refractivity contribution in [2.75, 3.05) is 0 Å². The van der Waals surface area contributed by atoms with E-state index in [2.05, 4.69) is 28.9 Å². The highest BCUT2D eigenvalue weighted by Crippen LogP contribution is 2.19. The Morgan fingerprint density at radius 1 is 1.45 bits per heavy atom. The monoisotopic (exact) mass is 213 g/mol. The molecule has 0 aliphatic rings. The van der Waals surface area contributed by atoms with Gasteiger partial charge in [-0.05, 0) is 31.0 Å². The van der Waals surface area contributed by atoms with E-state index >= 15 is 0 Å². The van der Waals surface area contributed by atoms with Crippen molar-refractivity contribution in [3.05, 3.63) is 33.8 Å². The quantitative estimate of drug-likeness (QED) is 0.764. The lowest BCUT2D eigenvalue weighted by atomic mass is 10.1. The van der Waals surface area contributed by atoms with Gasteiger partial charge in [0.25, 0.3) is 0 Å². The summed E-state index contributed by atoms with van der Waals surface area (Å²) in [6.45, 7) is 4.05. The molecule has 0 bridgehead atoms. The van der Waals surface area contributed by atoms with Gasteiger partial charge in [-0.1, -0.05) is 28.1 Å². The smallest absolute Gasteiger partial charge is 0.0266 e. The van der Waals surface area contributed by atoms with E-state index in [1.807, 2.05) is 19.1 Å². The largest absolute Gasteiger partial charge is 0.324 e. The SMILES string of the molecule is Cc1cc([C@@H](C)N)ccc1Br. The Morgan fingerprint density at radius 2 is 2.09 bits per heavy atom. The van der Waals surface area contributed by atoms with Crippen molar-refractivity contribution in [1.82, 2.24) is 0 Å². The first-order valence-corrected chi connectivity index (χ1v) is 4.42. The van der Waals surface area contributed by atoms with Gasteiger partial charge in [-0.2, -0.15) is 0 Å². The number of hydrogen-bond acceptors (Lipinski definition) is 1. The Kier molecular flexibility index (Phi) is 2.68. The first kappa shape index (κ1) is 8.75. The lowest BCUT2D eigenvalue weighted by Crippen LogP contribution is -2.04. The molecule has 11 heavy (non-hydrogen) atoms. The van der Waals surface area contributed by atoms with E-state index in [0.29, 0.717) is 0 Å². The van der Waals surface area contributed by atoms with Crippen LogP contribution in [0.2, 0.25) is 0 Å². The first-order valence-electron chi connectivity index (χ1n) is 3.63. The van der Waals surface area contributed by atoms with E-state index in [-0.39, 0.29) is 6.04 Å².